The molecule has 0 atom stereocenters. The number of nitrogens with zero attached hydrogens (tertiary/aromatic N) is 1. The van der Waals surface area contributed by atoms with Crippen molar-refractivity contribution in [3.63, 3.8) is 0 Å². The largest absolute Gasteiger partial charge is 0.294 e. The summed E-state index contributed by atoms with van der Waals surface area (Å²) >= 11 is 0. The second-order valence-corrected chi connectivity index (χ2v) is 4.16. The summed E-state index contributed by atoms with van der Waals surface area (Å²) in [6.07, 6.45) is 2.32. The third kappa shape index (κ3) is 1.91. The summed E-state index contributed by atoms with van der Waals surface area (Å²) in [5.41, 5.74) is 1.60. The topological polar surface area (TPSA) is 45.8 Å². The predicted octanol–water partition coefficient (Wildman–Crippen LogP) is 2.79. The molecule has 1 heterocycles. The van der Waals surface area contributed by atoms with Crippen LogP contribution in [-0.2, 0) is 0 Å². The average Bonchev–Trinajstić information content (AvgIpc) is 2.63. The Hall–Kier alpha value is -1.64. The number of aromatic amines is 1. The van der Waals surface area contributed by atoms with Crippen molar-refractivity contribution in [2.45, 2.75) is 20.3 Å². The summed E-state index contributed by atoms with van der Waals surface area (Å²) in [5.74, 6) is 0.565. The van der Waals surface area contributed by atoms with E-state index in [0.717, 1.165) is 16.5 Å². The van der Waals surface area contributed by atoms with Crippen LogP contribution in [0.2, 0.25) is 0 Å². The molecule has 1 N–H and O–H groups in total. The van der Waals surface area contributed by atoms with Gasteiger partial charge in [0.15, 0.2) is 5.78 Å². The van der Waals surface area contributed by atoms with E-state index in [1.165, 1.54) is 0 Å². The van der Waals surface area contributed by atoms with Crippen molar-refractivity contribution in [1.82, 2.24) is 10.2 Å². The zero-order valence-corrected chi connectivity index (χ0v) is 8.95. The summed E-state index contributed by atoms with van der Waals surface area (Å²) in [5, 5.41) is 7.81. The van der Waals surface area contributed by atoms with Crippen LogP contribution < -0.4 is 0 Å². The van der Waals surface area contributed by atoms with Gasteiger partial charge in [-0.3, -0.25) is 9.89 Å². The van der Waals surface area contributed by atoms with Gasteiger partial charge in [0.05, 0.1) is 11.7 Å². The quantitative estimate of drug-likeness (QED) is 0.778. The fourth-order valence-corrected chi connectivity index (χ4v) is 1.68. The number of para-hydroxylation sites is 1. The molecule has 15 heavy (non-hydrogen) atoms. The van der Waals surface area contributed by atoms with E-state index in [2.05, 4.69) is 10.2 Å². The number of carbonyl (C=O) groups excluding carboxylic acids is 1. The third-order valence-electron chi connectivity index (χ3n) is 2.37. The number of hydrogen-bond donors (Lipinski definition) is 1. The lowest BCUT2D eigenvalue weighted by Gasteiger charge is -2.04. The Morgan fingerprint density at radius 3 is 3.00 bits per heavy atom. The molecule has 3 nitrogen and oxygen atoms in total. The summed E-state index contributed by atoms with van der Waals surface area (Å²) in [6.45, 7) is 4.09. The van der Waals surface area contributed by atoms with Crippen LogP contribution in [0.1, 0.15) is 30.6 Å². The minimum absolute atomic E-state index is 0.180. The molecule has 0 aliphatic carbocycles. The number of benzene rings is 1. The number of hydrogen-bond acceptors (Lipinski definition) is 2. The summed E-state index contributed by atoms with van der Waals surface area (Å²) in [4.78, 5) is 11.9. The van der Waals surface area contributed by atoms with Crippen LogP contribution in [0.3, 0.4) is 0 Å². The first-order chi connectivity index (χ1) is 7.18. The molecule has 0 aliphatic heterocycles. The van der Waals surface area contributed by atoms with Crippen molar-refractivity contribution in [3.05, 3.63) is 30.0 Å². The zero-order chi connectivity index (χ0) is 10.8. The standard InChI is InChI=1S/C12H14N2O/c1-8(2)6-11(15)10-5-3-4-9-7-13-14-12(9)10/h3-5,7-8H,6H2,1-2H3,(H,13,14). The Morgan fingerprint density at radius 2 is 2.27 bits per heavy atom. The first-order valence-corrected chi connectivity index (χ1v) is 5.14. The molecule has 0 spiro atoms. The average molecular weight is 202 g/mol. The molecule has 0 bridgehead atoms. The Bertz CT molecular complexity index is 485. The number of nitrogens with one attached hydrogen (secondary N) is 1. The Labute approximate surface area is 88.5 Å². The molecular formula is C12H14N2O. The van der Waals surface area contributed by atoms with Gasteiger partial charge in [-0.05, 0) is 12.0 Å². The van der Waals surface area contributed by atoms with Crippen LogP contribution in [0.25, 0.3) is 10.9 Å². The van der Waals surface area contributed by atoms with Gasteiger partial charge < -0.3 is 0 Å². The van der Waals surface area contributed by atoms with Crippen LogP contribution in [0.4, 0.5) is 0 Å². The highest BCUT2D eigenvalue weighted by Crippen LogP contribution is 2.18. The first-order valence-electron chi connectivity index (χ1n) is 5.14. The summed E-state index contributed by atoms with van der Waals surface area (Å²) < 4.78 is 0. The van der Waals surface area contributed by atoms with E-state index in [4.69, 9.17) is 0 Å². The highest BCUT2D eigenvalue weighted by Gasteiger charge is 2.12. The van der Waals surface area contributed by atoms with Gasteiger partial charge in [0, 0.05) is 17.4 Å². The summed E-state index contributed by atoms with van der Waals surface area (Å²) in [7, 11) is 0. The number of fused-ring (bicyclic) bond motifs is 1. The molecule has 1 aromatic carbocycles. The third-order valence-corrected chi connectivity index (χ3v) is 2.37. The maximum atomic E-state index is 11.9. The van der Waals surface area contributed by atoms with Crippen LogP contribution in [-0.4, -0.2) is 16.0 Å². The molecule has 0 amide bonds. The lowest BCUT2D eigenvalue weighted by Crippen LogP contribution is -2.04. The molecule has 78 valence electrons. The van der Waals surface area contributed by atoms with Gasteiger partial charge >= 0.3 is 0 Å². The minimum Gasteiger partial charge on any atom is -0.294 e. The summed E-state index contributed by atoms with van der Waals surface area (Å²) in [6, 6.07) is 5.70. The molecule has 2 rings (SSSR count). The highest BCUT2D eigenvalue weighted by molar-refractivity contribution is 6.06. The van der Waals surface area contributed by atoms with Crippen LogP contribution in [0, 0.1) is 5.92 Å². The van der Waals surface area contributed by atoms with Gasteiger partial charge in [0.2, 0.25) is 0 Å². The fourth-order valence-electron chi connectivity index (χ4n) is 1.68. The fraction of sp³-hybridized carbons (Fsp3) is 0.333. The number of ketones is 1. The molecule has 0 aliphatic rings. The number of Topliss-reactive ketones (excluding diaryl/α,β-unsaturated/α-hetero) is 1. The van der Waals surface area contributed by atoms with Gasteiger partial charge in [-0.15, -0.1) is 0 Å². The normalized spacial score (nSPS) is 11.1. The van der Waals surface area contributed by atoms with E-state index >= 15 is 0 Å². The molecule has 3 heteroatoms. The Kier molecular flexibility index (Phi) is 2.54. The van der Waals surface area contributed by atoms with Crippen molar-refractivity contribution in [2.75, 3.05) is 0 Å². The van der Waals surface area contributed by atoms with Gasteiger partial charge in [-0.25, -0.2) is 0 Å². The van der Waals surface area contributed by atoms with E-state index in [1.54, 1.807) is 6.20 Å². The number of aromatic nitrogens is 2. The van der Waals surface area contributed by atoms with E-state index < -0.39 is 0 Å². The minimum atomic E-state index is 0.180. The SMILES string of the molecule is CC(C)CC(=O)c1cccc2cn[nH]c12. The van der Waals surface area contributed by atoms with Gasteiger partial charge in [-0.2, -0.15) is 5.10 Å². The number of H-pyrrole nitrogens is 1. The van der Waals surface area contributed by atoms with E-state index in [9.17, 15) is 4.79 Å². The molecule has 0 radical (unpaired) electrons. The maximum Gasteiger partial charge on any atom is 0.165 e. The Balaban J connectivity index is 2.42. The first kappa shape index (κ1) is 9.90. The lowest BCUT2D eigenvalue weighted by atomic mass is 10.00. The molecule has 2 aromatic rings. The van der Waals surface area contributed by atoms with Crippen LogP contribution >= 0.6 is 0 Å². The Morgan fingerprint density at radius 1 is 1.47 bits per heavy atom. The number of rotatable bonds is 3. The van der Waals surface area contributed by atoms with Gasteiger partial charge in [-0.1, -0.05) is 26.0 Å². The van der Waals surface area contributed by atoms with E-state index in [-0.39, 0.29) is 5.78 Å². The van der Waals surface area contributed by atoms with Crippen molar-refractivity contribution in [3.8, 4) is 0 Å². The molecule has 0 saturated carbocycles. The monoisotopic (exact) mass is 202 g/mol. The van der Waals surface area contributed by atoms with Crippen molar-refractivity contribution in [2.24, 2.45) is 5.92 Å². The van der Waals surface area contributed by atoms with Crippen molar-refractivity contribution in [1.29, 1.82) is 0 Å². The van der Waals surface area contributed by atoms with E-state index in [0.29, 0.717) is 12.3 Å². The second kappa shape index (κ2) is 3.85. The van der Waals surface area contributed by atoms with Crippen LogP contribution in [0.5, 0.6) is 0 Å². The molecule has 0 unspecified atom stereocenters. The van der Waals surface area contributed by atoms with Crippen molar-refractivity contribution >= 4 is 16.7 Å². The molecule has 1 aromatic heterocycles. The number of carbonyl (C=O) groups is 1. The molecule has 0 saturated heterocycles. The second-order valence-electron chi connectivity index (χ2n) is 4.16. The van der Waals surface area contributed by atoms with Gasteiger partial charge in [0.25, 0.3) is 0 Å². The maximum absolute atomic E-state index is 11.9. The van der Waals surface area contributed by atoms with Crippen molar-refractivity contribution < 1.29 is 4.79 Å². The zero-order valence-electron chi connectivity index (χ0n) is 8.95. The molecule has 0 fully saturated rings. The highest BCUT2D eigenvalue weighted by atomic mass is 16.1. The smallest absolute Gasteiger partial charge is 0.165 e. The van der Waals surface area contributed by atoms with Crippen LogP contribution in [0.15, 0.2) is 24.4 Å². The lowest BCUT2D eigenvalue weighted by molar-refractivity contribution is 0.0969. The van der Waals surface area contributed by atoms with E-state index in [1.807, 2.05) is 32.0 Å². The predicted molar refractivity (Wildman–Crippen MR) is 59.9 cm³/mol. The van der Waals surface area contributed by atoms with Gasteiger partial charge in [0.1, 0.15) is 0 Å². The molecular weight excluding hydrogens is 188 g/mol.